The molecule has 1 aliphatic heterocycles. The number of ether oxygens (including phenoxy) is 1. The van der Waals surface area contributed by atoms with Gasteiger partial charge in [0, 0.05) is 18.4 Å². The van der Waals surface area contributed by atoms with E-state index in [0.717, 1.165) is 23.1 Å². The molecule has 26 heavy (non-hydrogen) atoms. The quantitative estimate of drug-likeness (QED) is 0.889. The lowest BCUT2D eigenvalue weighted by atomic mass is 9.77. The Balaban J connectivity index is 1.78. The fourth-order valence-electron chi connectivity index (χ4n) is 3.69. The van der Waals surface area contributed by atoms with E-state index in [4.69, 9.17) is 10.5 Å². The molecule has 2 aromatic carbocycles. The van der Waals surface area contributed by atoms with Crippen LogP contribution >= 0.6 is 0 Å². The van der Waals surface area contributed by atoms with Crippen molar-refractivity contribution in [1.29, 1.82) is 5.26 Å². The van der Waals surface area contributed by atoms with E-state index in [1.807, 2.05) is 54.6 Å². The summed E-state index contributed by atoms with van der Waals surface area (Å²) in [6.07, 6.45) is 1.92. The van der Waals surface area contributed by atoms with E-state index in [9.17, 15) is 10.1 Å². The second kappa shape index (κ2) is 6.53. The van der Waals surface area contributed by atoms with Crippen molar-refractivity contribution in [3.05, 3.63) is 82.9 Å². The van der Waals surface area contributed by atoms with Crippen LogP contribution in [0.3, 0.4) is 0 Å². The van der Waals surface area contributed by atoms with Crippen LogP contribution in [0.15, 0.2) is 77.4 Å². The van der Waals surface area contributed by atoms with Gasteiger partial charge in [-0.15, -0.1) is 0 Å². The second-order valence-corrected chi connectivity index (χ2v) is 6.53. The fraction of sp³-hybridized carbons (Fsp3) is 0.182. The summed E-state index contributed by atoms with van der Waals surface area (Å²) in [5.41, 5.74) is 9.97. The standard InChI is InChI=1S/C22H18N2O2/c23-13-17-20(21-18(25)7-4-8-19(21)26-22(17)24)16-11-9-15(10-12-16)14-5-2-1-3-6-14/h1-3,5-6,9-12,20H,4,7-8,24H2. The second-order valence-electron chi connectivity index (χ2n) is 6.53. The van der Waals surface area contributed by atoms with Crippen LogP contribution in [0, 0.1) is 11.3 Å². The molecule has 0 spiro atoms. The van der Waals surface area contributed by atoms with E-state index in [0.29, 0.717) is 29.7 Å². The molecule has 0 saturated carbocycles. The molecule has 0 fully saturated rings. The third-order valence-electron chi connectivity index (χ3n) is 4.96. The number of nitrogens with two attached hydrogens (primary N) is 1. The minimum absolute atomic E-state index is 0.0450. The van der Waals surface area contributed by atoms with Gasteiger partial charge < -0.3 is 10.5 Å². The van der Waals surface area contributed by atoms with Crippen molar-refractivity contribution in [2.45, 2.75) is 25.2 Å². The third-order valence-corrected chi connectivity index (χ3v) is 4.96. The number of ketones is 1. The Morgan fingerprint density at radius 2 is 1.69 bits per heavy atom. The number of carbonyl (C=O) groups is 1. The van der Waals surface area contributed by atoms with Crippen LogP contribution in [0.4, 0.5) is 0 Å². The molecule has 2 aliphatic rings. The monoisotopic (exact) mass is 342 g/mol. The van der Waals surface area contributed by atoms with E-state index >= 15 is 0 Å². The summed E-state index contributed by atoms with van der Waals surface area (Å²) in [4.78, 5) is 12.6. The average molecular weight is 342 g/mol. The van der Waals surface area contributed by atoms with Crippen molar-refractivity contribution in [2.24, 2.45) is 5.73 Å². The summed E-state index contributed by atoms with van der Waals surface area (Å²) in [6.45, 7) is 0. The summed E-state index contributed by atoms with van der Waals surface area (Å²) in [6, 6.07) is 20.2. The molecule has 1 heterocycles. The van der Waals surface area contributed by atoms with E-state index in [1.54, 1.807) is 0 Å². The number of allylic oxidation sites excluding steroid dienone is 3. The van der Waals surface area contributed by atoms with Crippen LogP contribution in [0.1, 0.15) is 30.7 Å². The first kappa shape index (κ1) is 16.2. The molecule has 0 bridgehead atoms. The van der Waals surface area contributed by atoms with Crippen LogP contribution in [-0.2, 0) is 9.53 Å². The minimum atomic E-state index is -0.443. The maximum atomic E-state index is 12.6. The molecule has 0 aromatic heterocycles. The van der Waals surface area contributed by atoms with Gasteiger partial charge in [0.15, 0.2) is 5.78 Å². The molecule has 4 heteroatoms. The van der Waals surface area contributed by atoms with Crippen LogP contribution in [0.25, 0.3) is 11.1 Å². The molecule has 0 radical (unpaired) electrons. The lowest BCUT2D eigenvalue weighted by molar-refractivity contribution is -0.116. The number of rotatable bonds is 2. The molecule has 128 valence electrons. The molecule has 1 unspecified atom stereocenters. The van der Waals surface area contributed by atoms with Gasteiger partial charge >= 0.3 is 0 Å². The average Bonchev–Trinajstić information content (AvgIpc) is 2.68. The molecular weight excluding hydrogens is 324 g/mol. The lowest BCUT2D eigenvalue weighted by Gasteiger charge is -2.31. The first-order chi connectivity index (χ1) is 12.7. The van der Waals surface area contributed by atoms with Gasteiger partial charge in [0.05, 0.1) is 5.92 Å². The summed E-state index contributed by atoms with van der Waals surface area (Å²) >= 11 is 0. The normalized spacial score (nSPS) is 19.7. The van der Waals surface area contributed by atoms with Crippen molar-refractivity contribution in [3.63, 3.8) is 0 Å². The number of hydrogen-bond acceptors (Lipinski definition) is 4. The van der Waals surface area contributed by atoms with Crippen LogP contribution in [-0.4, -0.2) is 5.78 Å². The number of nitriles is 1. The van der Waals surface area contributed by atoms with Crippen molar-refractivity contribution in [1.82, 2.24) is 0 Å². The number of hydrogen-bond donors (Lipinski definition) is 1. The predicted octanol–water partition coefficient (Wildman–Crippen LogP) is 4.17. The van der Waals surface area contributed by atoms with Gasteiger partial charge in [-0.25, -0.2) is 0 Å². The Kier molecular flexibility index (Phi) is 4.06. The van der Waals surface area contributed by atoms with Crippen molar-refractivity contribution in [2.75, 3.05) is 0 Å². The Bertz CT molecular complexity index is 963. The third kappa shape index (κ3) is 2.68. The van der Waals surface area contributed by atoms with E-state index < -0.39 is 5.92 Å². The van der Waals surface area contributed by atoms with Gasteiger partial charge in [-0.3, -0.25) is 4.79 Å². The molecule has 4 nitrogen and oxygen atoms in total. The summed E-state index contributed by atoms with van der Waals surface area (Å²) in [7, 11) is 0. The van der Waals surface area contributed by atoms with Crippen LogP contribution < -0.4 is 5.73 Å². The minimum Gasteiger partial charge on any atom is -0.444 e. The van der Waals surface area contributed by atoms with E-state index in [2.05, 4.69) is 6.07 Å². The molecule has 4 rings (SSSR count). The Labute approximate surface area is 152 Å². The van der Waals surface area contributed by atoms with E-state index in [-0.39, 0.29) is 11.7 Å². The highest BCUT2D eigenvalue weighted by molar-refractivity contribution is 5.99. The zero-order chi connectivity index (χ0) is 18.1. The number of Topliss-reactive ketones (excluding diaryl/α,β-unsaturated/α-hetero) is 1. The van der Waals surface area contributed by atoms with Crippen LogP contribution in [0.2, 0.25) is 0 Å². The number of benzene rings is 2. The van der Waals surface area contributed by atoms with Crippen molar-refractivity contribution in [3.8, 4) is 17.2 Å². The predicted molar refractivity (Wildman–Crippen MR) is 98.4 cm³/mol. The van der Waals surface area contributed by atoms with Gasteiger partial charge in [-0.1, -0.05) is 54.6 Å². The maximum Gasteiger partial charge on any atom is 0.205 e. The van der Waals surface area contributed by atoms with Gasteiger partial charge in [-0.05, 0) is 23.1 Å². The maximum absolute atomic E-state index is 12.6. The molecule has 0 saturated heterocycles. The highest BCUT2D eigenvalue weighted by atomic mass is 16.5. The highest BCUT2D eigenvalue weighted by Crippen LogP contribution is 2.43. The molecule has 2 aromatic rings. The summed E-state index contributed by atoms with van der Waals surface area (Å²) < 4.78 is 5.60. The van der Waals surface area contributed by atoms with Gasteiger partial charge in [-0.2, -0.15) is 5.26 Å². The zero-order valence-electron chi connectivity index (χ0n) is 14.2. The molecular formula is C22H18N2O2. The smallest absolute Gasteiger partial charge is 0.205 e. The lowest BCUT2D eigenvalue weighted by Crippen LogP contribution is -2.27. The van der Waals surface area contributed by atoms with Crippen molar-refractivity contribution >= 4 is 5.78 Å². The first-order valence-corrected chi connectivity index (χ1v) is 8.68. The largest absolute Gasteiger partial charge is 0.444 e. The molecule has 0 amide bonds. The molecule has 2 N–H and O–H groups in total. The summed E-state index contributed by atoms with van der Waals surface area (Å²) in [5, 5.41) is 9.60. The number of carbonyl (C=O) groups excluding carboxylic acids is 1. The SMILES string of the molecule is N#CC1=C(N)OC2=C(C(=O)CCC2)C1c1ccc(-c2ccccc2)cc1. The van der Waals surface area contributed by atoms with Gasteiger partial charge in [0.25, 0.3) is 0 Å². The van der Waals surface area contributed by atoms with Gasteiger partial charge in [0.1, 0.15) is 17.4 Å². The highest BCUT2D eigenvalue weighted by Gasteiger charge is 2.37. The molecule has 1 aliphatic carbocycles. The zero-order valence-corrected chi connectivity index (χ0v) is 14.2. The molecule has 1 atom stereocenters. The fourth-order valence-corrected chi connectivity index (χ4v) is 3.69. The Morgan fingerprint density at radius 3 is 2.38 bits per heavy atom. The van der Waals surface area contributed by atoms with Gasteiger partial charge in [0.2, 0.25) is 5.88 Å². The van der Waals surface area contributed by atoms with E-state index in [1.165, 1.54) is 0 Å². The first-order valence-electron chi connectivity index (χ1n) is 8.68. The Morgan fingerprint density at radius 1 is 1.00 bits per heavy atom. The van der Waals surface area contributed by atoms with Crippen molar-refractivity contribution < 1.29 is 9.53 Å². The topological polar surface area (TPSA) is 76.1 Å². The van der Waals surface area contributed by atoms with Crippen LogP contribution in [0.5, 0.6) is 0 Å². The summed E-state index contributed by atoms with van der Waals surface area (Å²) in [5.74, 6) is 0.331. The number of nitrogens with zero attached hydrogens (tertiary/aromatic N) is 1. The Hall–Kier alpha value is -3.32.